The zero-order valence-electron chi connectivity index (χ0n) is 24.8. The standard InChI is InChI=1S/C36H38N2O4/c1-24-6-5-7-28(20-24)33-23-29(11-15-36(33)41-4)35(40)22-26-8-14-32(34(21-26)37-25(2)39)27-9-12-30(13-10-27)42-31-16-18-38(3)19-17-31/h5-15,20-21,23,31H,16-19,22H2,1-4H3,(H,37,39). The molecule has 0 atom stereocenters. The Labute approximate surface area is 248 Å². The summed E-state index contributed by atoms with van der Waals surface area (Å²) in [7, 11) is 3.78. The SMILES string of the molecule is COc1ccc(C(=O)Cc2ccc(-c3ccc(OC4CCN(C)CC4)cc3)c(NC(C)=O)c2)cc1-c1cccc(C)c1. The molecule has 4 aromatic carbocycles. The number of amides is 1. The van der Waals surface area contributed by atoms with Crippen LogP contribution in [0.4, 0.5) is 5.69 Å². The van der Waals surface area contributed by atoms with E-state index in [0.29, 0.717) is 11.3 Å². The number of carbonyl (C=O) groups is 2. The van der Waals surface area contributed by atoms with Crippen molar-refractivity contribution in [2.24, 2.45) is 0 Å². The van der Waals surface area contributed by atoms with Crippen molar-refractivity contribution in [2.75, 3.05) is 32.6 Å². The molecule has 5 rings (SSSR count). The van der Waals surface area contributed by atoms with Crippen LogP contribution in [0.2, 0.25) is 0 Å². The first-order valence-electron chi connectivity index (χ1n) is 14.4. The highest BCUT2D eigenvalue weighted by atomic mass is 16.5. The first-order valence-corrected chi connectivity index (χ1v) is 14.4. The van der Waals surface area contributed by atoms with Gasteiger partial charge in [-0.15, -0.1) is 0 Å². The number of anilines is 1. The van der Waals surface area contributed by atoms with Crippen molar-refractivity contribution in [1.29, 1.82) is 0 Å². The maximum atomic E-state index is 13.4. The van der Waals surface area contributed by atoms with Crippen LogP contribution in [0.25, 0.3) is 22.3 Å². The van der Waals surface area contributed by atoms with Crippen LogP contribution in [-0.4, -0.2) is 49.9 Å². The maximum Gasteiger partial charge on any atom is 0.221 e. The molecule has 6 nitrogen and oxygen atoms in total. The van der Waals surface area contributed by atoms with Gasteiger partial charge in [0.1, 0.15) is 17.6 Å². The van der Waals surface area contributed by atoms with E-state index in [2.05, 4.69) is 23.3 Å². The molecule has 0 bridgehead atoms. The highest BCUT2D eigenvalue weighted by molar-refractivity contribution is 6.00. The molecule has 0 spiro atoms. The van der Waals surface area contributed by atoms with Crippen molar-refractivity contribution in [3.63, 3.8) is 0 Å². The Balaban J connectivity index is 1.35. The summed E-state index contributed by atoms with van der Waals surface area (Å²) in [5, 5.41) is 2.96. The van der Waals surface area contributed by atoms with E-state index in [1.165, 1.54) is 6.92 Å². The Morgan fingerprint density at radius 2 is 1.64 bits per heavy atom. The smallest absolute Gasteiger partial charge is 0.221 e. The van der Waals surface area contributed by atoms with Gasteiger partial charge in [-0.1, -0.05) is 54.1 Å². The second-order valence-electron chi connectivity index (χ2n) is 11.1. The summed E-state index contributed by atoms with van der Waals surface area (Å²) in [6.45, 7) is 5.62. The van der Waals surface area contributed by atoms with Crippen molar-refractivity contribution >= 4 is 17.4 Å². The van der Waals surface area contributed by atoms with Gasteiger partial charge >= 0.3 is 0 Å². The Kier molecular flexibility index (Phi) is 9.03. The third-order valence-electron chi connectivity index (χ3n) is 7.74. The number of hydrogen-bond donors (Lipinski definition) is 1. The lowest BCUT2D eigenvalue weighted by Gasteiger charge is -2.29. The van der Waals surface area contributed by atoms with Crippen LogP contribution < -0.4 is 14.8 Å². The van der Waals surface area contributed by atoms with Gasteiger partial charge in [0, 0.05) is 48.8 Å². The number of ether oxygens (including phenoxy) is 2. The van der Waals surface area contributed by atoms with Crippen molar-refractivity contribution in [3.8, 4) is 33.8 Å². The summed E-state index contributed by atoms with van der Waals surface area (Å²) < 4.78 is 11.8. The Bertz CT molecular complexity index is 1570. The van der Waals surface area contributed by atoms with Gasteiger partial charge in [0.05, 0.1) is 7.11 Å². The molecule has 1 saturated heterocycles. The number of aryl methyl sites for hydroxylation is 1. The largest absolute Gasteiger partial charge is 0.496 e. The number of benzene rings is 4. The quantitative estimate of drug-likeness (QED) is 0.219. The van der Waals surface area contributed by atoms with Crippen LogP contribution in [0, 0.1) is 6.92 Å². The van der Waals surface area contributed by atoms with E-state index in [1.807, 2.05) is 79.7 Å². The van der Waals surface area contributed by atoms with Gasteiger partial charge in [-0.3, -0.25) is 9.59 Å². The molecule has 6 heteroatoms. The molecule has 0 aliphatic carbocycles. The second-order valence-corrected chi connectivity index (χ2v) is 11.1. The van der Waals surface area contributed by atoms with Crippen LogP contribution in [-0.2, 0) is 11.2 Å². The van der Waals surface area contributed by atoms with E-state index in [1.54, 1.807) is 13.2 Å². The molecule has 1 aliphatic rings. The van der Waals surface area contributed by atoms with Gasteiger partial charge < -0.3 is 19.7 Å². The number of methoxy groups -OCH3 is 1. The van der Waals surface area contributed by atoms with E-state index >= 15 is 0 Å². The molecule has 1 amide bonds. The summed E-state index contributed by atoms with van der Waals surface area (Å²) in [4.78, 5) is 27.8. The number of rotatable bonds is 9. The Hall–Kier alpha value is -4.42. The minimum atomic E-state index is -0.167. The van der Waals surface area contributed by atoms with Crippen molar-refractivity contribution in [1.82, 2.24) is 4.90 Å². The monoisotopic (exact) mass is 562 g/mol. The summed E-state index contributed by atoms with van der Waals surface area (Å²) in [6.07, 6.45) is 2.48. The molecule has 1 N–H and O–H groups in total. The van der Waals surface area contributed by atoms with E-state index in [0.717, 1.165) is 70.8 Å². The third-order valence-corrected chi connectivity index (χ3v) is 7.74. The molecule has 4 aromatic rings. The Morgan fingerprint density at radius 3 is 2.33 bits per heavy atom. The molecule has 1 aliphatic heterocycles. The number of nitrogens with zero attached hydrogens (tertiary/aromatic N) is 1. The lowest BCUT2D eigenvalue weighted by atomic mass is 9.95. The number of ketones is 1. The van der Waals surface area contributed by atoms with Crippen molar-refractivity contribution in [3.05, 3.63) is 102 Å². The van der Waals surface area contributed by atoms with Crippen LogP contribution in [0.3, 0.4) is 0 Å². The minimum absolute atomic E-state index is 0.0107. The molecule has 1 fully saturated rings. The van der Waals surface area contributed by atoms with Crippen molar-refractivity contribution < 1.29 is 19.1 Å². The number of likely N-dealkylation sites (tertiary alicyclic amines) is 1. The lowest BCUT2D eigenvalue weighted by Crippen LogP contribution is -2.35. The molecule has 0 saturated carbocycles. The molecular weight excluding hydrogens is 524 g/mol. The predicted molar refractivity (Wildman–Crippen MR) is 169 cm³/mol. The lowest BCUT2D eigenvalue weighted by molar-refractivity contribution is -0.114. The van der Waals surface area contributed by atoms with Gasteiger partial charge in [0.25, 0.3) is 0 Å². The summed E-state index contributed by atoms with van der Waals surface area (Å²) in [5.74, 6) is 1.39. The first-order chi connectivity index (χ1) is 20.3. The van der Waals surface area contributed by atoms with Gasteiger partial charge in [-0.05, 0) is 79.9 Å². The van der Waals surface area contributed by atoms with E-state index in [4.69, 9.17) is 9.47 Å². The Morgan fingerprint density at radius 1 is 0.881 bits per heavy atom. The first kappa shape index (κ1) is 29.1. The number of hydrogen-bond acceptors (Lipinski definition) is 5. The van der Waals surface area contributed by atoms with Crippen molar-refractivity contribution in [2.45, 2.75) is 39.2 Å². The highest BCUT2D eigenvalue weighted by Crippen LogP contribution is 2.34. The van der Waals surface area contributed by atoms with E-state index in [9.17, 15) is 9.59 Å². The van der Waals surface area contributed by atoms with Gasteiger partial charge in [-0.2, -0.15) is 0 Å². The summed E-state index contributed by atoms with van der Waals surface area (Å²) in [6, 6.07) is 27.5. The fourth-order valence-electron chi connectivity index (χ4n) is 5.46. The molecule has 216 valence electrons. The van der Waals surface area contributed by atoms with Crippen LogP contribution in [0.5, 0.6) is 11.5 Å². The summed E-state index contributed by atoms with van der Waals surface area (Å²) >= 11 is 0. The minimum Gasteiger partial charge on any atom is -0.496 e. The molecule has 0 unspecified atom stereocenters. The molecule has 0 aromatic heterocycles. The third kappa shape index (κ3) is 7.07. The molecule has 1 heterocycles. The fraction of sp³-hybridized carbons (Fsp3) is 0.278. The zero-order valence-corrected chi connectivity index (χ0v) is 24.8. The van der Waals surface area contributed by atoms with Gasteiger partial charge in [-0.25, -0.2) is 0 Å². The number of carbonyl (C=O) groups excluding carboxylic acids is 2. The van der Waals surface area contributed by atoms with Crippen LogP contribution >= 0.6 is 0 Å². The average Bonchev–Trinajstić information content (AvgIpc) is 2.98. The maximum absolute atomic E-state index is 13.4. The number of nitrogens with one attached hydrogen (secondary N) is 1. The van der Waals surface area contributed by atoms with E-state index in [-0.39, 0.29) is 24.2 Å². The number of piperidine rings is 1. The average molecular weight is 563 g/mol. The summed E-state index contributed by atoms with van der Waals surface area (Å²) in [5.41, 5.74) is 6.97. The van der Waals surface area contributed by atoms with E-state index < -0.39 is 0 Å². The van der Waals surface area contributed by atoms with Crippen LogP contribution in [0.15, 0.2) is 84.9 Å². The fourth-order valence-corrected chi connectivity index (χ4v) is 5.46. The van der Waals surface area contributed by atoms with Gasteiger partial charge in [0.15, 0.2) is 5.78 Å². The topological polar surface area (TPSA) is 67.9 Å². The normalized spacial score (nSPS) is 13.9. The zero-order chi connectivity index (χ0) is 29.6. The van der Waals surface area contributed by atoms with Crippen LogP contribution in [0.1, 0.15) is 41.3 Å². The van der Waals surface area contributed by atoms with Gasteiger partial charge in [0.2, 0.25) is 5.91 Å². The molecule has 42 heavy (non-hydrogen) atoms. The number of Topliss-reactive ketones (excluding diaryl/α,β-unsaturated/α-hetero) is 1. The highest BCUT2D eigenvalue weighted by Gasteiger charge is 2.19. The second kappa shape index (κ2) is 13.0. The molecular formula is C36H38N2O4. The predicted octanol–water partition coefficient (Wildman–Crippen LogP) is 7.19. The molecule has 0 radical (unpaired) electrons.